The quantitative estimate of drug-likeness (QED) is 0.421. The van der Waals surface area contributed by atoms with E-state index in [1.807, 2.05) is 0 Å². The van der Waals surface area contributed by atoms with Crippen LogP contribution in [0.15, 0.2) is 35.7 Å². The second-order valence-electron chi connectivity index (χ2n) is 4.59. The van der Waals surface area contributed by atoms with Crippen LogP contribution in [0.4, 0.5) is 5.69 Å². The Morgan fingerprint density at radius 3 is 2.83 bits per heavy atom. The lowest BCUT2D eigenvalue weighted by Gasteiger charge is -2.05. The third-order valence-corrected chi connectivity index (χ3v) is 2.86. The molecule has 0 saturated carbocycles. The van der Waals surface area contributed by atoms with Gasteiger partial charge in [-0.3, -0.25) is 19.6 Å². The van der Waals surface area contributed by atoms with Gasteiger partial charge in [0.1, 0.15) is 30.4 Å². The van der Waals surface area contributed by atoms with Crippen LogP contribution in [0.25, 0.3) is 0 Å². The molecule has 0 fully saturated rings. The number of nitrogens with one attached hydrogen (secondary N) is 1. The van der Waals surface area contributed by atoms with Gasteiger partial charge < -0.3 is 10.2 Å². The summed E-state index contributed by atoms with van der Waals surface area (Å²) in [4.78, 5) is 21.6. The summed E-state index contributed by atoms with van der Waals surface area (Å²) in [6.45, 7) is 1.32. The van der Waals surface area contributed by atoms with Crippen molar-refractivity contribution in [3.8, 4) is 11.5 Å². The predicted octanol–water partition coefficient (Wildman–Crippen LogP) is 0.743. The molecule has 3 N–H and O–H groups in total. The molecule has 0 aliphatic rings. The zero-order chi connectivity index (χ0) is 17.0. The van der Waals surface area contributed by atoms with E-state index in [1.54, 1.807) is 6.92 Å². The van der Waals surface area contributed by atoms with Crippen LogP contribution in [0, 0.1) is 10.1 Å². The number of rotatable bonds is 5. The van der Waals surface area contributed by atoms with Gasteiger partial charge in [0, 0.05) is 11.6 Å². The first kappa shape index (κ1) is 15.9. The summed E-state index contributed by atoms with van der Waals surface area (Å²) < 4.78 is 1.11. The van der Waals surface area contributed by atoms with Gasteiger partial charge >= 0.3 is 5.69 Å². The molecule has 0 saturated heterocycles. The van der Waals surface area contributed by atoms with E-state index in [0.717, 1.165) is 23.1 Å². The van der Waals surface area contributed by atoms with Crippen LogP contribution >= 0.6 is 0 Å². The fourth-order valence-electron chi connectivity index (χ4n) is 1.75. The maximum absolute atomic E-state index is 11.7. The van der Waals surface area contributed by atoms with Crippen molar-refractivity contribution < 1.29 is 19.9 Å². The minimum atomic E-state index is -0.614. The Hall–Kier alpha value is -3.43. The number of nitrogens with zero attached hydrogens (tertiary/aromatic N) is 4. The molecule has 0 unspecified atom stereocenters. The lowest BCUT2D eigenvalue weighted by atomic mass is 10.1. The van der Waals surface area contributed by atoms with Crippen LogP contribution < -0.4 is 5.43 Å². The number of hydrogen-bond donors (Lipinski definition) is 3. The Morgan fingerprint density at radius 2 is 2.22 bits per heavy atom. The van der Waals surface area contributed by atoms with E-state index in [0.29, 0.717) is 11.3 Å². The number of nitro groups is 1. The average Bonchev–Trinajstić information content (AvgIpc) is 2.93. The minimum Gasteiger partial charge on any atom is -0.508 e. The lowest BCUT2D eigenvalue weighted by molar-refractivity contribution is -0.385. The molecule has 23 heavy (non-hydrogen) atoms. The lowest BCUT2D eigenvalue weighted by Crippen LogP contribution is -2.24. The molecule has 1 amide bonds. The number of amides is 1. The minimum absolute atomic E-state index is 0.0941. The number of hydrazone groups is 1. The van der Waals surface area contributed by atoms with Crippen molar-refractivity contribution in [2.24, 2.45) is 5.10 Å². The molecule has 1 aromatic heterocycles. The van der Waals surface area contributed by atoms with Crippen LogP contribution in [0.3, 0.4) is 0 Å². The fraction of sp³-hybridized carbons (Fsp3) is 0.154. The van der Waals surface area contributed by atoms with Gasteiger partial charge in [-0.1, -0.05) is 0 Å². The topological polar surface area (TPSA) is 143 Å². The number of hydrogen-bond acceptors (Lipinski definition) is 7. The predicted molar refractivity (Wildman–Crippen MR) is 79.0 cm³/mol. The number of aromatic nitrogens is 2. The van der Waals surface area contributed by atoms with E-state index in [-0.39, 0.29) is 23.7 Å². The molecule has 0 bridgehead atoms. The molecule has 0 atom stereocenters. The monoisotopic (exact) mass is 319 g/mol. The van der Waals surface area contributed by atoms with E-state index in [9.17, 15) is 25.1 Å². The molecule has 10 nitrogen and oxygen atoms in total. The number of phenols is 2. The summed E-state index contributed by atoms with van der Waals surface area (Å²) in [5.41, 5.74) is 2.71. The summed E-state index contributed by atoms with van der Waals surface area (Å²) in [7, 11) is 0. The molecule has 2 rings (SSSR count). The summed E-state index contributed by atoms with van der Waals surface area (Å²) >= 11 is 0. The number of phenolic OH excluding ortho intramolecular Hbond substituents is 2. The number of carbonyl (C=O) groups is 1. The number of carbonyl (C=O) groups excluding carboxylic acids is 1. The van der Waals surface area contributed by atoms with Gasteiger partial charge in [0.05, 0.1) is 10.6 Å². The van der Waals surface area contributed by atoms with Gasteiger partial charge in [0.15, 0.2) is 0 Å². The van der Waals surface area contributed by atoms with Gasteiger partial charge in [-0.15, -0.1) is 0 Å². The second kappa shape index (κ2) is 6.56. The maximum atomic E-state index is 11.7. The Morgan fingerprint density at radius 1 is 1.48 bits per heavy atom. The van der Waals surface area contributed by atoms with Crippen molar-refractivity contribution in [2.75, 3.05) is 0 Å². The highest BCUT2D eigenvalue weighted by Gasteiger charge is 2.11. The van der Waals surface area contributed by atoms with Gasteiger partial charge in [-0.25, -0.2) is 5.43 Å². The van der Waals surface area contributed by atoms with Crippen molar-refractivity contribution in [1.29, 1.82) is 0 Å². The first-order chi connectivity index (χ1) is 10.9. The molecule has 0 aliphatic carbocycles. The average molecular weight is 319 g/mol. The fourth-order valence-corrected chi connectivity index (χ4v) is 1.75. The van der Waals surface area contributed by atoms with Crippen LogP contribution in [0.2, 0.25) is 0 Å². The Balaban J connectivity index is 2.00. The van der Waals surface area contributed by atoms with E-state index in [4.69, 9.17) is 0 Å². The van der Waals surface area contributed by atoms with E-state index in [2.05, 4.69) is 15.6 Å². The molecular weight excluding hydrogens is 306 g/mol. The molecule has 10 heteroatoms. The van der Waals surface area contributed by atoms with Crippen LogP contribution in [0.5, 0.6) is 11.5 Å². The van der Waals surface area contributed by atoms with Gasteiger partial charge in [0.25, 0.3) is 5.91 Å². The molecule has 1 heterocycles. The highest BCUT2D eigenvalue weighted by molar-refractivity contribution is 6.01. The van der Waals surface area contributed by atoms with Gasteiger partial charge in [-0.05, 0) is 19.1 Å². The molecule has 1 aromatic carbocycles. The summed E-state index contributed by atoms with van der Waals surface area (Å²) in [5.74, 6) is -0.813. The third kappa shape index (κ3) is 4.03. The first-order valence-electron chi connectivity index (χ1n) is 6.39. The summed E-state index contributed by atoms with van der Waals surface area (Å²) in [6, 6.07) is 3.98. The molecule has 0 radical (unpaired) electrons. The van der Waals surface area contributed by atoms with Crippen LogP contribution in [0.1, 0.15) is 12.5 Å². The smallest absolute Gasteiger partial charge is 0.307 e. The largest absolute Gasteiger partial charge is 0.508 e. The molecule has 120 valence electrons. The molecule has 2 aromatic rings. The first-order valence-corrected chi connectivity index (χ1v) is 6.39. The Labute approximate surface area is 129 Å². The van der Waals surface area contributed by atoms with E-state index < -0.39 is 10.8 Å². The third-order valence-electron chi connectivity index (χ3n) is 2.86. The van der Waals surface area contributed by atoms with Crippen molar-refractivity contribution in [3.05, 3.63) is 46.3 Å². The van der Waals surface area contributed by atoms with Crippen LogP contribution in [-0.4, -0.2) is 36.5 Å². The zero-order valence-corrected chi connectivity index (χ0v) is 12.0. The van der Waals surface area contributed by atoms with Crippen molar-refractivity contribution in [2.45, 2.75) is 13.5 Å². The van der Waals surface area contributed by atoms with Gasteiger partial charge in [0.2, 0.25) is 0 Å². The van der Waals surface area contributed by atoms with Crippen molar-refractivity contribution in [3.63, 3.8) is 0 Å². The SMILES string of the molecule is C/C(=N\NC(=O)Cn1cc([N+](=O)[O-])cn1)c1ccc(O)cc1O. The standard InChI is InChI=1S/C13H13N5O5/c1-8(11-3-2-10(19)4-12(11)20)15-16-13(21)7-17-6-9(5-14-17)18(22)23/h2-6,19-20H,7H2,1H3,(H,16,21)/b15-8+. The van der Waals surface area contributed by atoms with Crippen molar-refractivity contribution >= 4 is 17.3 Å². The molecule has 0 spiro atoms. The Bertz CT molecular complexity index is 783. The normalized spacial score (nSPS) is 11.3. The number of benzene rings is 1. The van der Waals surface area contributed by atoms with Gasteiger partial charge in [-0.2, -0.15) is 10.2 Å². The Kier molecular flexibility index (Phi) is 4.55. The summed E-state index contributed by atoms with van der Waals surface area (Å²) in [5, 5.41) is 36.9. The second-order valence-corrected chi connectivity index (χ2v) is 4.59. The van der Waals surface area contributed by atoms with E-state index >= 15 is 0 Å². The highest BCUT2D eigenvalue weighted by atomic mass is 16.6. The number of aromatic hydroxyl groups is 2. The molecular formula is C13H13N5O5. The maximum Gasteiger partial charge on any atom is 0.307 e. The zero-order valence-electron chi connectivity index (χ0n) is 12.0. The van der Waals surface area contributed by atoms with Crippen molar-refractivity contribution in [1.82, 2.24) is 15.2 Å². The highest BCUT2D eigenvalue weighted by Crippen LogP contribution is 2.22. The molecule has 0 aliphatic heterocycles. The van der Waals surface area contributed by atoms with Crippen LogP contribution in [-0.2, 0) is 11.3 Å². The van der Waals surface area contributed by atoms with E-state index in [1.165, 1.54) is 12.1 Å². The summed E-state index contributed by atoms with van der Waals surface area (Å²) in [6.07, 6.45) is 2.16.